The van der Waals surface area contributed by atoms with Crippen LogP contribution in [-0.4, -0.2) is 35.2 Å². The van der Waals surface area contributed by atoms with Crippen LogP contribution < -0.4 is 10.6 Å². The van der Waals surface area contributed by atoms with E-state index in [9.17, 15) is 23.2 Å². The van der Waals surface area contributed by atoms with E-state index >= 15 is 0 Å². The molecule has 206 valence electrons. The average molecular weight is 562 g/mol. The summed E-state index contributed by atoms with van der Waals surface area (Å²) < 4.78 is 28.1. The largest absolute Gasteiger partial charge is 0.351 e. The maximum absolute atomic E-state index is 13.8. The number of fused-ring (bicyclic) bond motifs is 2. The minimum absolute atomic E-state index is 0.137. The number of carbonyl (C=O) groups is 3. The number of carbonyl (C=O) groups excluding carboxylic acids is 3. The summed E-state index contributed by atoms with van der Waals surface area (Å²) in [5.74, 6) is -4.05. The summed E-state index contributed by atoms with van der Waals surface area (Å²) in [4.78, 5) is 41.6. The molecule has 0 radical (unpaired) electrons. The Bertz CT molecular complexity index is 1550. The first-order valence-electron chi connectivity index (χ1n) is 13.1. The molecular formula is C31H29F2N3O3S. The lowest BCUT2D eigenvalue weighted by Crippen LogP contribution is -2.53. The fraction of sp³-hybridized carbons (Fsp3) is 0.258. The standard InChI is InChI=1S/C31H29F2N3O3S/c1-19(29(37)34-16-20-12-24(32)15-25(33)13-20)30(38)35-27(14-23-18-40-28-9-5-4-8-26(23)28)31(39)36-11-10-21-6-2-3-7-22(21)17-36/h2-9,12-13,15,18-19,27H,10-11,14,16-17H2,1H3,(H,34,37)(H,35,38). The molecule has 2 heterocycles. The Morgan fingerprint density at radius 1 is 0.950 bits per heavy atom. The van der Waals surface area contributed by atoms with Crippen molar-refractivity contribution in [2.24, 2.45) is 5.92 Å². The van der Waals surface area contributed by atoms with Gasteiger partial charge < -0.3 is 15.5 Å². The van der Waals surface area contributed by atoms with Crippen LogP contribution in [0.5, 0.6) is 0 Å². The third kappa shape index (κ3) is 6.20. The number of thiophene rings is 1. The van der Waals surface area contributed by atoms with Gasteiger partial charge in [0.05, 0.1) is 0 Å². The fourth-order valence-electron chi connectivity index (χ4n) is 4.99. The van der Waals surface area contributed by atoms with E-state index in [1.165, 1.54) is 12.5 Å². The Hall–Kier alpha value is -4.11. The lowest BCUT2D eigenvalue weighted by molar-refractivity contribution is -0.140. The van der Waals surface area contributed by atoms with Crippen LogP contribution in [0, 0.1) is 17.6 Å². The quantitative estimate of drug-likeness (QED) is 0.305. The van der Waals surface area contributed by atoms with Gasteiger partial charge in [0.1, 0.15) is 23.6 Å². The van der Waals surface area contributed by atoms with Gasteiger partial charge in [0.2, 0.25) is 17.7 Å². The molecule has 3 aromatic carbocycles. The van der Waals surface area contributed by atoms with Gasteiger partial charge in [-0.25, -0.2) is 8.78 Å². The number of hydrogen-bond acceptors (Lipinski definition) is 4. The Morgan fingerprint density at radius 3 is 2.42 bits per heavy atom. The van der Waals surface area contributed by atoms with Crippen molar-refractivity contribution < 1.29 is 23.2 Å². The van der Waals surface area contributed by atoms with Gasteiger partial charge in [-0.05, 0) is 64.6 Å². The summed E-state index contributed by atoms with van der Waals surface area (Å²) in [5, 5.41) is 8.41. The Kier molecular flexibility index (Phi) is 8.21. The van der Waals surface area contributed by atoms with Crippen LogP contribution in [-0.2, 0) is 40.3 Å². The molecule has 3 amide bonds. The number of nitrogens with one attached hydrogen (secondary N) is 2. The summed E-state index contributed by atoms with van der Waals surface area (Å²) in [6.07, 6.45) is 1.01. The second-order valence-corrected chi connectivity index (χ2v) is 10.9. The summed E-state index contributed by atoms with van der Waals surface area (Å²) >= 11 is 1.58. The lowest BCUT2D eigenvalue weighted by atomic mass is 9.97. The molecule has 0 saturated carbocycles. The zero-order valence-corrected chi connectivity index (χ0v) is 22.8. The molecule has 0 fully saturated rings. The Labute approximate surface area is 235 Å². The number of amides is 3. The third-order valence-electron chi connectivity index (χ3n) is 7.22. The SMILES string of the molecule is CC(C(=O)NCc1cc(F)cc(F)c1)C(=O)NC(Cc1csc2ccccc12)C(=O)N1CCc2ccccc2C1. The summed E-state index contributed by atoms with van der Waals surface area (Å²) in [6, 6.07) is 18.0. The Morgan fingerprint density at radius 2 is 1.65 bits per heavy atom. The highest BCUT2D eigenvalue weighted by Crippen LogP contribution is 2.27. The van der Waals surface area contributed by atoms with Gasteiger partial charge in [0, 0.05) is 36.8 Å². The third-order valence-corrected chi connectivity index (χ3v) is 8.23. The molecule has 5 rings (SSSR count). The van der Waals surface area contributed by atoms with E-state index in [0.29, 0.717) is 13.1 Å². The first kappa shape index (κ1) is 27.5. The maximum atomic E-state index is 13.8. The number of halogens is 2. The minimum atomic E-state index is -1.13. The van der Waals surface area contributed by atoms with Crippen molar-refractivity contribution in [1.82, 2.24) is 15.5 Å². The highest BCUT2D eigenvalue weighted by molar-refractivity contribution is 7.17. The number of rotatable bonds is 8. The van der Waals surface area contributed by atoms with Crippen LogP contribution in [0.1, 0.15) is 29.2 Å². The van der Waals surface area contributed by atoms with Crippen molar-refractivity contribution in [2.75, 3.05) is 6.54 Å². The smallest absolute Gasteiger partial charge is 0.245 e. The molecular weight excluding hydrogens is 532 g/mol. The fourth-order valence-corrected chi connectivity index (χ4v) is 5.96. The van der Waals surface area contributed by atoms with Gasteiger partial charge >= 0.3 is 0 Å². The number of nitrogens with zero attached hydrogens (tertiary/aromatic N) is 1. The molecule has 1 aromatic heterocycles. The molecule has 2 atom stereocenters. The maximum Gasteiger partial charge on any atom is 0.245 e. The minimum Gasteiger partial charge on any atom is -0.351 e. The van der Waals surface area contributed by atoms with Gasteiger partial charge in [-0.3, -0.25) is 14.4 Å². The Balaban J connectivity index is 1.31. The number of hydrogen-bond donors (Lipinski definition) is 2. The van der Waals surface area contributed by atoms with Crippen molar-refractivity contribution in [3.8, 4) is 0 Å². The van der Waals surface area contributed by atoms with Gasteiger partial charge in [0.15, 0.2) is 0 Å². The first-order valence-corrected chi connectivity index (χ1v) is 14.0. The lowest BCUT2D eigenvalue weighted by Gasteiger charge is -2.32. The highest BCUT2D eigenvalue weighted by atomic mass is 32.1. The van der Waals surface area contributed by atoms with Crippen molar-refractivity contribution in [1.29, 1.82) is 0 Å². The van der Waals surface area contributed by atoms with Gasteiger partial charge in [0.25, 0.3) is 0 Å². The molecule has 0 spiro atoms. The van der Waals surface area contributed by atoms with Crippen molar-refractivity contribution in [2.45, 2.75) is 38.9 Å². The predicted octanol–water partition coefficient (Wildman–Crippen LogP) is 4.74. The van der Waals surface area contributed by atoms with E-state index in [1.807, 2.05) is 47.8 Å². The zero-order valence-electron chi connectivity index (χ0n) is 22.0. The molecule has 2 unspecified atom stereocenters. The van der Waals surface area contributed by atoms with E-state index in [4.69, 9.17) is 0 Å². The summed E-state index contributed by atoms with van der Waals surface area (Å²) in [7, 11) is 0. The highest BCUT2D eigenvalue weighted by Gasteiger charge is 2.32. The van der Waals surface area contributed by atoms with Crippen LogP contribution in [0.3, 0.4) is 0 Å². The van der Waals surface area contributed by atoms with E-state index < -0.39 is 35.4 Å². The van der Waals surface area contributed by atoms with Crippen LogP contribution in [0.25, 0.3) is 10.1 Å². The van der Waals surface area contributed by atoms with E-state index in [2.05, 4.69) is 16.7 Å². The number of benzene rings is 3. The summed E-state index contributed by atoms with van der Waals surface area (Å²) in [6.45, 7) is 2.29. The van der Waals surface area contributed by atoms with Crippen molar-refractivity contribution in [3.63, 3.8) is 0 Å². The molecule has 0 saturated heterocycles. The first-order chi connectivity index (χ1) is 19.3. The van der Waals surface area contributed by atoms with Crippen LogP contribution in [0.2, 0.25) is 0 Å². The average Bonchev–Trinajstić information content (AvgIpc) is 3.36. The van der Waals surface area contributed by atoms with Gasteiger partial charge in [-0.1, -0.05) is 42.5 Å². The molecule has 0 bridgehead atoms. The molecule has 9 heteroatoms. The predicted molar refractivity (Wildman–Crippen MR) is 150 cm³/mol. The molecule has 1 aliphatic rings. The van der Waals surface area contributed by atoms with E-state index in [-0.39, 0.29) is 24.4 Å². The van der Waals surface area contributed by atoms with Crippen molar-refractivity contribution >= 4 is 39.1 Å². The van der Waals surface area contributed by atoms with Gasteiger partial charge in [-0.15, -0.1) is 11.3 Å². The zero-order chi connectivity index (χ0) is 28.2. The monoisotopic (exact) mass is 561 g/mol. The van der Waals surface area contributed by atoms with Crippen molar-refractivity contribution in [3.05, 3.63) is 106 Å². The second-order valence-electron chi connectivity index (χ2n) is 10.0. The molecule has 0 aliphatic carbocycles. The van der Waals surface area contributed by atoms with E-state index in [1.54, 1.807) is 16.2 Å². The molecule has 2 N–H and O–H groups in total. The molecule has 6 nitrogen and oxygen atoms in total. The van der Waals surface area contributed by atoms with Crippen LogP contribution in [0.15, 0.2) is 72.1 Å². The topological polar surface area (TPSA) is 78.5 Å². The van der Waals surface area contributed by atoms with Crippen LogP contribution >= 0.6 is 11.3 Å². The van der Waals surface area contributed by atoms with Gasteiger partial charge in [-0.2, -0.15) is 0 Å². The summed E-state index contributed by atoms with van der Waals surface area (Å²) in [5.41, 5.74) is 3.47. The molecule has 1 aliphatic heterocycles. The van der Waals surface area contributed by atoms with Crippen LogP contribution in [0.4, 0.5) is 8.78 Å². The second kappa shape index (κ2) is 12.0. The van der Waals surface area contributed by atoms with E-state index in [0.717, 1.165) is 45.8 Å². The molecule has 40 heavy (non-hydrogen) atoms. The normalized spacial score (nSPS) is 14.3. The molecule has 4 aromatic rings.